The summed E-state index contributed by atoms with van der Waals surface area (Å²) in [5.41, 5.74) is -0.0285. The first-order valence-electron chi connectivity index (χ1n) is 11.5. The van der Waals surface area contributed by atoms with Gasteiger partial charge in [-0.15, -0.1) is 13.2 Å². The first-order chi connectivity index (χ1) is 17.1. The summed E-state index contributed by atoms with van der Waals surface area (Å²) in [5.74, 6) is -2.91. The third-order valence-corrected chi connectivity index (χ3v) is 5.93. The van der Waals surface area contributed by atoms with Crippen molar-refractivity contribution in [1.29, 1.82) is 0 Å². The fourth-order valence-corrected chi connectivity index (χ4v) is 4.13. The molecule has 3 nitrogen and oxygen atoms in total. The third-order valence-electron chi connectivity index (χ3n) is 5.93. The zero-order valence-corrected chi connectivity index (χ0v) is 19.4. The van der Waals surface area contributed by atoms with Gasteiger partial charge >= 0.3 is 6.36 Å². The molecule has 192 valence electrons. The van der Waals surface area contributed by atoms with E-state index in [1.807, 2.05) is 0 Å². The third kappa shape index (κ3) is 6.20. The van der Waals surface area contributed by atoms with Crippen LogP contribution in [0, 0.1) is 23.4 Å². The number of ether oxygens (including phenoxy) is 3. The number of rotatable bonds is 7. The zero-order chi connectivity index (χ0) is 25.9. The van der Waals surface area contributed by atoms with E-state index in [2.05, 4.69) is 11.7 Å². The Morgan fingerprint density at radius 2 is 1.47 bits per heavy atom. The summed E-state index contributed by atoms with van der Waals surface area (Å²) in [5, 5.41) is 0. The van der Waals surface area contributed by atoms with Gasteiger partial charge in [0.25, 0.3) is 0 Å². The van der Waals surface area contributed by atoms with E-state index in [1.54, 1.807) is 6.07 Å². The number of unbranched alkanes of at least 4 members (excludes halogenated alkanes) is 1. The standard InChI is InChI=1S/C27H24F6O3/c1-2-3-4-16-14-34-26(35-15-16)18-7-10-21(22(28)11-18)19-12-23(29)25(24(30)13-19)17-5-8-20(9-6-17)36-27(31,32)33/h5-13,16,26H,2-4,14-15H2,1H3. The highest BCUT2D eigenvalue weighted by Gasteiger charge is 2.31. The summed E-state index contributed by atoms with van der Waals surface area (Å²) in [4.78, 5) is 0. The molecule has 3 aromatic carbocycles. The van der Waals surface area contributed by atoms with Crippen molar-refractivity contribution in [2.45, 2.75) is 38.8 Å². The molecule has 0 aromatic heterocycles. The van der Waals surface area contributed by atoms with Gasteiger partial charge in [-0.05, 0) is 47.9 Å². The van der Waals surface area contributed by atoms with Crippen molar-refractivity contribution < 1.29 is 40.6 Å². The van der Waals surface area contributed by atoms with Crippen molar-refractivity contribution in [3.8, 4) is 28.0 Å². The minimum absolute atomic E-state index is 0.00531. The van der Waals surface area contributed by atoms with Crippen molar-refractivity contribution in [3.05, 3.63) is 77.6 Å². The van der Waals surface area contributed by atoms with Crippen LogP contribution in [0.5, 0.6) is 5.75 Å². The predicted octanol–water partition coefficient (Wildman–Crippen LogP) is 8.19. The average molecular weight is 510 g/mol. The van der Waals surface area contributed by atoms with Gasteiger partial charge in [-0.2, -0.15) is 0 Å². The van der Waals surface area contributed by atoms with Gasteiger partial charge in [0, 0.05) is 17.0 Å². The van der Waals surface area contributed by atoms with E-state index in [1.165, 1.54) is 12.1 Å². The second kappa shape index (κ2) is 10.9. The summed E-state index contributed by atoms with van der Waals surface area (Å²) in [7, 11) is 0. The molecule has 0 amide bonds. The second-order valence-corrected chi connectivity index (χ2v) is 8.63. The Kier molecular flexibility index (Phi) is 7.90. The maximum absolute atomic E-state index is 14.9. The molecule has 36 heavy (non-hydrogen) atoms. The minimum Gasteiger partial charge on any atom is -0.406 e. The van der Waals surface area contributed by atoms with Crippen molar-refractivity contribution in [2.75, 3.05) is 13.2 Å². The van der Waals surface area contributed by atoms with Crippen LogP contribution in [-0.4, -0.2) is 19.6 Å². The molecule has 1 fully saturated rings. The Morgan fingerprint density at radius 1 is 0.833 bits per heavy atom. The van der Waals surface area contributed by atoms with Gasteiger partial charge in [-0.25, -0.2) is 13.2 Å². The number of hydrogen-bond acceptors (Lipinski definition) is 3. The maximum atomic E-state index is 14.9. The number of halogens is 6. The molecule has 1 aliphatic heterocycles. The quantitative estimate of drug-likeness (QED) is 0.300. The largest absolute Gasteiger partial charge is 0.573 e. The summed E-state index contributed by atoms with van der Waals surface area (Å²) in [6.07, 6.45) is -2.44. The molecule has 0 spiro atoms. The lowest BCUT2D eigenvalue weighted by Gasteiger charge is -2.29. The Balaban J connectivity index is 1.51. The summed E-state index contributed by atoms with van der Waals surface area (Å²) >= 11 is 0. The first-order valence-corrected chi connectivity index (χ1v) is 11.5. The molecular formula is C27H24F6O3. The van der Waals surface area contributed by atoms with Gasteiger partial charge in [-0.3, -0.25) is 0 Å². The zero-order valence-electron chi connectivity index (χ0n) is 19.4. The first kappa shape index (κ1) is 26.0. The molecule has 0 N–H and O–H groups in total. The molecule has 4 rings (SSSR count). The highest BCUT2D eigenvalue weighted by atomic mass is 19.4. The lowest BCUT2D eigenvalue weighted by molar-refractivity contribution is -0.274. The van der Waals surface area contributed by atoms with Gasteiger partial charge in [-0.1, -0.05) is 44.0 Å². The van der Waals surface area contributed by atoms with E-state index < -0.39 is 41.4 Å². The molecule has 1 saturated heterocycles. The van der Waals surface area contributed by atoms with Gasteiger partial charge in [0.05, 0.1) is 18.8 Å². The van der Waals surface area contributed by atoms with Gasteiger partial charge in [0.15, 0.2) is 6.29 Å². The number of benzene rings is 3. The summed E-state index contributed by atoms with van der Waals surface area (Å²) < 4.78 is 96.9. The van der Waals surface area contributed by atoms with Crippen LogP contribution in [0.1, 0.15) is 38.0 Å². The van der Waals surface area contributed by atoms with Crippen molar-refractivity contribution in [1.82, 2.24) is 0 Å². The van der Waals surface area contributed by atoms with Crippen LogP contribution in [0.4, 0.5) is 26.3 Å². The second-order valence-electron chi connectivity index (χ2n) is 8.63. The van der Waals surface area contributed by atoms with E-state index in [4.69, 9.17) is 9.47 Å². The Bertz CT molecular complexity index is 1160. The van der Waals surface area contributed by atoms with E-state index in [-0.39, 0.29) is 16.7 Å². The van der Waals surface area contributed by atoms with Gasteiger partial charge in [0.2, 0.25) is 0 Å². The lowest BCUT2D eigenvalue weighted by Crippen LogP contribution is -2.27. The molecule has 9 heteroatoms. The van der Waals surface area contributed by atoms with E-state index in [0.717, 1.165) is 55.7 Å². The van der Waals surface area contributed by atoms with Crippen LogP contribution >= 0.6 is 0 Å². The smallest absolute Gasteiger partial charge is 0.406 e. The van der Waals surface area contributed by atoms with E-state index in [9.17, 15) is 26.3 Å². The number of hydrogen-bond donors (Lipinski definition) is 0. The molecule has 0 radical (unpaired) electrons. The Morgan fingerprint density at radius 3 is 2.03 bits per heavy atom. The topological polar surface area (TPSA) is 27.7 Å². The Hall–Kier alpha value is -3.04. The van der Waals surface area contributed by atoms with Gasteiger partial charge in [0.1, 0.15) is 23.2 Å². The molecule has 0 saturated carbocycles. The highest BCUT2D eigenvalue weighted by Crippen LogP contribution is 2.35. The molecule has 0 bridgehead atoms. The maximum Gasteiger partial charge on any atom is 0.573 e. The fraction of sp³-hybridized carbons (Fsp3) is 0.333. The van der Waals surface area contributed by atoms with Crippen molar-refractivity contribution in [3.63, 3.8) is 0 Å². The van der Waals surface area contributed by atoms with E-state index in [0.29, 0.717) is 24.7 Å². The molecular weight excluding hydrogens is 486 g/mol. The average Bonchev–Trinajstić information content (AvgIpc) is 2.82. The van der Waals surface area contributed by atoms with Crippen LogP contribution < -0.4 is 4.74 Å². The van der Waals surface area contributed by atoms with Gasteiger partial charge < -0.3 is 14.2 Å². The van der Waals surface area contributed by atoms with Crippen molar-refractivity contribution >= 4 is 0 Å². The Labute approximate surface area is 204 Å². The van der Waals surface area contributed by atoms with Crippen LogP contribution in [0.3, 0.4) is 0 Å². The molecule has 0 aliphatic carbocycles. The molecule has 1 aliphatic rings. The molecule has 1 heterocycles. The monoisotopic (exact) mass is 510 g/mol. The number of alkyl halides is 3. The normalized spacial score (nSPS) is 18.3. The molecule has 0 unspecified atom stereocenters. The minimum atomic E-state index is -4.88. The summed E-state index contributed by atoms with van der Waals surface area (Å²) in [6.45, 7) is 3.13. The fourth-order valence-electron chi connectivity index (χ4n) is 4.13. The molecule has 0 atom stereocenters. The van der Waals surface area contributed by atoms with Crippen LogP contribution in [-0.2, 0) is 9.47 Å². The SMILES string of the molecule is CCCCC1COC(c2ccc(-c3cc(F)c(-c4ccc(OC(F)(F)F)cc4)c(F)c3)c(F)c2)OC1. The predicted molar refractivity (Wildman–Crippen MR) is 122 cm³/mol. The molecule has 3 aromatic rings. The van der Waals surface area contributed by atoms with Crippen LogP contribution in [0.2, 0.25) is 0 Å². The summed E-state index contributed by atoms with van der Waals surface area (Å²) in [6, 6.07) is 10.3. The van der Waals surface area contributed by atoms with Crippen molar-refractivity contribution in [2.24, 2.45) is 5.92 Å². The van der Waals surface area contributed by atoms with E-state index >= 15 is 0 Å². The lowest BCUT2D eigenvalue weighted by atomic mass is 9.97. The van der Waals surface area contributed by atoms with Crippen LogP contribution in [0.25, 0.3) is 22.3 Å². The highest BCUT2D eigenvalue weighted by molar-refractivity contribution is 5.72. The van der Waals surface area contributed by atoms with Crippen LogP contribution in [0.15, 0.2) is 54.6 Å².